The highest BCUT2D eigenvalue weighted by Gasteiger charge is 2.37. The maximum absolute atomic E-state index is 14.3. The summed E-state index contributed by atoms with van der Waals surface area (Å²) in [7, 11) is 0.968. The van der Waals surface area contributed by atoms with E-state index >= 15 is 0 Å². The van der Waals surface area contributed by atoms with E-state index in [0.29, 0.717) is 25.3 Å². The van der Waals surface area contributed by atoms with Crippen LogP contribution in [0.1, 0.15) is 36.5 Å². The van der Waals surface area contributed by atoms with E-state index in [9.17, 15) is 22.8 Å². The first-order valence-electron chi connectivity index (χ1n) is 7.61. The van der Waals surface area contributed by atoms with Gasteiger partial charge in [-0.05, 0) is 25.3 Å². The molecular weight excluding hydrogens is 327 g/mol. The Kier molecular flexibility index (Phi) is 5.69. The molecule has 0 aromatic heterocycles. The molecule has 1 aliphatic heterocycles. The number of ether oxygens (including phenoxy) is 2. The minimum absolute atomic E-state index is 0.200. The Morgan fingerprint density at radius 3 is 2.62 bits per heavy atom. The largest absolute Gasteiger partial charge is 0.491 e. The molecule has 2 rings (SSSR count). The number of carbonyl (C=O) groups excluding carboxylic acids is 2. The van der Waals surface area contributed by atoms with Gasteiger partial charge >= 0.3 is 5.97 Å². The number of esters is 1. The Morgan fingerprint density at radius 2 is 2.00 bits per heavy atom. The number of halogens is 3. The van der Waals surface area contributed by atoms with Crippen molar-refractivity contribution in [2.75, 3.05) is 20.3 Å². The third-order valence-corrected chi connectivity index (χ3v) is 3.78. The third kappa shape index (κ3) is 3.32. The van der Waals surface area contributed by atoms with Crippen LogP contribution in [0.2, 0.25) is 0 Å². The van der Waals surface area contributed by atoms with Gasteiger partial charge in [0.2, 0.25) is 5.82 Å². The van der Waals surface area contributed by atoms with E-state index in [0.717, 1.165) is 12.0 Å². The van der Waals surface area contributed by atoms with Crippen molar-refractivity contribution in [1.82, 2.24) is 4.90 Å². The van der Waals surface area contributed by atoms with Crippen LogP contribution >= 0.6 is 0 Å². The Bertz CT molecular complexity index is 651. The minimum Gasteiger partial charge on any atom is -0.491 e. The van der Waals surface area contributed by atoms with E-state index in [1.165, 1.54) is 0 Å². The van der Waals surface area contributed by atoms with Crippen LogP contribution < -0.4 is 4.74 Å². The maximum Gasteiger partial charge on any atom is 0.328 e. The van der Waals surface area contributed by atoms with Crippen LogP contribution in [0, 0.1) is 17.5 Å². The molecule has 1 aliphatic rings. The lowest BCUT2D eigenvalue weighted by molar-refractivity contribution is -0.148. The zero-order valence-electron chi connectivity index (χ0n) is 13.4. The van der Waals surface area contributed by atoms with E-state index in [2.05, 4.69) is 4.74 Å². The lowest BCUT2D eigenvalue weighted by Crippen LogP contribution is -2.42. The molecule has 1 fully saturated rings. The number of benzene rings is 1. The normalized spacial score (nSPS) is 17.0. The van der Waals surface area contributed by atoms with Gasteiger partial charge in [0.1, 0.15) is 6.04 Å². The second-order valence-corrected chi connectivity index (χ2v) is 5.39. The van der Waals surface area contributed by atoms with Crippen LogP contribution in [0.3, 0.4) is 0 Å². The number of carbonyl (C=O) groups is 2. The molecule has 1 saturated heterocycles. The second kappa shape index (κ2) is 7.55. The molecule has 1 aromatic rings. The van der Waals surface area contributed by atoms with Crippen molar-refractivity contribution in [3.8, 4) is 5.75 Å². The van der Waals surface area contributed by atoms with Gasteiger partial charge < -0.3 is 14.4 Å². The van der Waals surface area contributed by atoms with Crippen molar-refractivity contribution in [1.29, 1.82) is 0 Å². The van der Waals surface area contributed by atoms with Crippen molar-refractivity contribution >= 4 is 11.9 Å². The maximum atomic E-state index is 14.3. The molecule has 1 amide bonds. The minimum atomic E-state index is -1.51. The summed E-state index contributed by atoms with van der Waals surface area (Å²) >= 11 is 0. The van der Waals surface area contributed by atoms with Crippen molar-refractivity contribution in [2.45, 2.75) is 32.2 Å². The van der Waals surface area contributed by atoms with Gasteiger partial charge in [-0.15, -0.1) is 0 Å². The van der Waals surface area contributed by atoms with Gasteiger partial charge in [-0.3, -0.25) is 4.79 Å². The van der Waals surface area contributed by atoms with Gasteiger partial charge in [0, 0.05) is 6.54 Å². The molecule has 0 radical (unpaired) electrons. The highest BCUT2D eigenvalue weighted by atomic mass is 19.2. The molecule has 1 aromatic carbocycles. The number of likely N-dealkylation sites (tertiary alicyclic amines) is 1. The standard InChI is InChI=1S/C16H18F3NO4/c1-3-7-24-16(22)11-5-4-6-20(11)15(21)9-8-10(17)13(19)14(23-2)12(9)18/h8,11H,3-7H2,1-2H3. The lowest BCUT2D eigenvalue weighted by atomic mass is 10.1. The fourth-order valence-electron chi connectivity index (χ4n) is 2.62. The molecule has 0 aliphatic carbocycles. The number of rotatable bonds is 5. The smallest absolute Gasteiger partial charge is 0.328 e. The number of nitrogens with zero attached hydrogens (tertiary/aromatic N) is 1. The predicted molar refractivity (Wildman–Crippen MR) is 78.2 cm³/mol. The molecule has 8 heteroatoms. The summed E-state index contributed by atoms with van der Waals surface area (Å²) < 4.78 is 50.8. The van der Waals surface area contributed by atoms with Crippen LogP contribution in [0.4, 0.5) is 13.2 Å². The molecule has 0 bridgehead atoms. The summed E-state index contributed by atoms with van der Waals surface area (Å²) in [5.41, 5.74) is -0.680. The molecule has 0 N–H and O–H groups in total. The quantitative estimate of drug-likeness (QED) is 0.608. The van der Waals surface area contributed by atoms with Crippen LogP contribution in [0.5, 0.6) is 5.75 Å². The van der Waals surface area contributed by atoms with Gasteiger partial charge in [0.15, 0.2) is 17.4 Å². The highest BCUT2D eigenvalue weighted by Crippen LogP contribution is 2.29. The zero-order chi connectivity index (χ0) is 17.9. The first kappa shape index (κ1) is 18.1. The van der Waals surface area contributed by atoms with Crippen LogP contribution in [-0.2, 0) is 9.53 Å². The first-order valence-corrected chi connectivity index (χ1v) is 7.61. The van der Waals surface area contributed by atoms with Gasteiger partial charge in [0.25, 0.3) is 5.91 Å². The highest BCUT2D eigenvalue weighted by molar-refractivity contribution is 5.97. The number of methoxy groups -OCH3 is 1. The second-order valence-electron chi connectivity index (χ2n) is 5.39. The summed E-state index contributed by atoms with van der Waals surface area (Å²) in [4.78, 5) is 25.7. The Hall–Kier alpha value is -2.25. The summed E-state index contributed by atoms with van der Waals surface area (Å²) in [6, 6.07) is -0.384. The fourth-order valence-corrected chi connectivity index (χ4v) is 2.62. The molecule has 0 spiro atoms. The van der Waals surface area contributed by atoms with Gasteiger partial charge in [0.05, 0.1) is 19.3 Å². The summed E-state index contributed by atoms with van der Waals surface area (Å²) in [6.45, 7) is 2.24. The fraction of sp³-hybridized carbons (Fsp3) is 0.500. The Balaban J connectivity index is 2.31. The monoisotopic (exact) mass is 345 g/mol. The molecule has 5 nitrogen and oxygen atoms in total. The first-order chi connectivity index (χ1) is 11.4. The molecular formula is C16H18F3NO4. The third-order valence-electron chi connectivity index (χ3n) is 3.78. The van der Waals surface area contributed by atoms with Crippen LogP contribution in [-0.4, -0.2) is 43.1 Å². The van der Waals surface area contributed by atoms with E-state index < -0.39 is 46.7 Å². The van der Waals surface area contributed by atoms with E-state index in [4.69, 9.17) is 4.74 Å². The van der Waals surface area contributed by atoms with Gasteiger partial charge in [-0.25, -0.2) is 13.6 Å². The van der Waals surface area contributed by atoms with Crippen molar-refractivity contribution in [3.05, 3.63) is 29.1 Å². The van der Waals surface area contributed by atoms with E-state index in [1.54, 1.807) is 0 Å². The van der Waals surface area contributed by atoms with Gasteiger partial charge in [-0.2, -0.15) is 4.39 Å². The summed E-state index contributed by atoms with van der Waals surface area (Å²) in [5, 5.41) is 0. The van der Waals surface area contributed by atoms with E-state index in [-0.39, 0.29) is 13.2 Å². The van der Waals surface area contributed by atoms with Crippen molar-refractivity contribution < 1.29 is 32.2 Å². The molecule has 1 atom stereocenters. The Morgan fingerprint density at radius 1 is 1.29 bits per heavy atom. The number of hydrogen-bond acceptors (Lipinski definition) is 4. The topological polar surface area (TPSA) is 55.8 Å². The molecule has 24 heavy (non-hydrogen) atoms. The van der Waals surface area contributed by atoms with Crippen molar-refractivity contribution in [3.63, 3.8) is 0 Å². The molecule has 0 saturated carbocycles. The molecule has 1 heterocycles. The number of hydrogen-bond donors (Lipinski definition) is 0. The predicted octanol–water partition coefficient (Wildman–Crippen LogP) is 2.67. The average Bonchev–Trinajstić information content (AvgIpc) is 3.05. The Labute approximate surface area is 137 Å². The van der Waals surface area contributed by atoms with Crippen LogP contribution in [0.15, 0.2) is 6.07 Å². The lowest BCUT2D eigenvalue weighted by Gasteiger charge is -2.23. The summed E-state index contributed by atoms with van der Waals surface area (Å²) in [6.07, 6.45) is 1.53. The van der Waals surface area contributed by atoms with Crippen LogP contribution in [0.25, 0.3) is 0 Å². The SMILES string of the molecule is CCCOC(=O)C1CCCN1C(=O)c1cc(F)c(F)c(OC)c1F. The number of amides is 1. The average molecular weight is 345 g/mol. The van der Waals surface area contributed by atoms with Gasteiger partial charge in [-0.1, -0.05) is 6.92 Å². The molecule has 132 valence electrons. The summed E-state index contributed by atoms with van der Waals surface area (Å²) in [5.74, 6) is -6.66. The zero-order valence-corrected chi connectivity index (χ0v) is 13.4. The molecule has 1 unspecified atom stereocenters. The van der Waals surface area contributed by atoms with Crippen molar-refractivity contribution in [2.24, 2.45) is 0 Å². The van der Waals surface area contributed by atoms with E-state index in [1.807, 2.05) is 6.92 Å².